The fraction of sp³-hybridized carbons (Fsp3) is 0.143. The molecule has 4 nitrogen and oxygen atoms in total. The smallest absolute Gasteiger partial charge is 0.224 e. The van der Waals surface area contributed by atoms with Crippen molar-refractivity contribution in [2.24, 2.45) is 0 Å². The highest BCUT2D eigenvalue weighted by molar-refractivity contribution is 8.13. The number of halogens is 1. The van der Waals surface area contributed by atoms with Crippen LogP contribution in [0, 0.1) is 11.8 Å². The van der Waals surface area contributed by atoms with Gasteiger partial charge in [0.2, 0.25) is 0 Å². The monoisotopic (exact) mass is 216 g/mol. The van der Waals surface area contributed by atoms with Crippen molar-refractivity contribution in [1.82, 2.24) is 9.97 Å². The van der Waals surface area contributed by atoms with E-state index < -0.39 is 14.2 Å². The molecular formula is C7H5ClN2O2S. The van der Waals surface area contributed by atoms with Gasteiger partial charge in [-0.25, -0.2) is 18.4 Å². The summed E-state index contributed by atoms with van der Waals surface area (Å²) in [6, 6.07) is 0. The molecule has 0 fully saturated rings. The largest absolute Gasteiger partial charge is 0.296 e. The molecule has 0 radical (unpaired) electrons. The van der Waals surface area contributed by atoms with Crippen molar-refractivity contribution >= 4 is 19.7 Å². The quantitative estimate of drug-likeness (QED) is 0.395. The maximum atomic E-state index is 10.7. The van der Waals surface area contributed by atoms with Crippen molar-refractivity contribution in [3.8, 4) is 11.8 Å². The zero-order chi connectivity index (χ0) is 9.90. The third-order valence-corrected chi connectivity index (χ3v) is 2.18. The van der Waals surface area contributed by atoms with E-state index in [1.54, 1.807) is 6.92 Å². The van der Waals surface area contributed by atoms with Gasteiger partial charge in [-0.3, -0.25) is 0 Å². The minimum absolute atomic E-state index is 0.407. The van der Waals surface area contributed by atoms with Crippen LogP contribution in [-0.4, -0.2) is 18.4 Å². The van der Waals surface area contributed by atoms with Gasteiger partial charge in [0.1, 0.15) is 0 Å². The van der Waals surface area contributed by atoms with E-state index in [2.05, 4.69) is 21.8 Å². The maximum Gasteiger partial charge on any atom is 0.296 e. The Hall–Kier alpha value is -1.12. The average molecular weight is 217 g/mol. The van der Waals surface area contributed by atoms with E-state index >= 15 is 0 Å². The van der Waals surface area contributed by atoms with Crippen LogP contribution in [0.1, 0.15) is 12.5 Å². The molecule has 0 bridgehead atoms. The van der Waals surface area contributed by atoms with Crippen LogP contribution in [0.15, 0.2) is 17.6 Å². The van der Waals surface area contributed by atoms with Gasteiger partial charge in [0.25, 0.3) is 14.2 Å². The minimum Gasteiger partial charge on any atom is -0.224 e. The molecule has 1 aromatic heterocycles. The Balaban J connectivity index is 3.13. The Morgan fingerprint density at radius 3 is 2.31 bits per heavy atom. The molecule has 0 aliphatic rings. The number of nitrogens with zero attached hydrogens (tertiary/aromatic N) is 2. The molecule has 0 saturated heterocycles. The predicted molar refractivity (Wildman–Crippen MR) is 47.6 cm³/mol. The molecule has 6 heteroatoms. The molecule has 0 N–H and O–H groups in total. The van der Waals surface area contributed by atoms with Crippen LogP contribution in [0.3, 0.4) is 0 Å². The second-order valence-electron chi connectivity index (χ2n) is 2.07. The molecule has 68 valence electrons. The summed E-state index contributed by atoms with van der Waals surface area (Å²) in [6.07, 6.45) is 2.61. The summed E-state index contributed by atoms with van der Waals surface area (Å²) in [7, 11) is 1.17. The van der Waals surface area contributed by atoms with Crippen LogP contribution in [0.25, 0.3) is 0 Å². The Labute approximate surface area is 80.4 Å². The van der Waals surface area contributed by atoms with E-state index in [-0.39, 0.29) is 0 Å². The lowest BCUT2D eigenvalue weighted by Crippen LogP contribution is -1.98. The van der Waals surface area contributed by atoms with Crippen LogP contribution >= 0.6 is 10.7 Å². The zero-order valence-corrected chi connectivity index (χ0v) is 8.22. The van der Waals surface area contributed by atoms with E-state index in [9.17, 15) is 8.42 Å². The van der Waals surface area contributed by atoms with Gasteiger partial charge in [-0.05, 0) is 6.92 Å². The van der Waals surface area contributed by atoms with Crippen molar-refractivity contribution < 1.29 is 8.42 Å². The van der Waals surface area contributed by atoms with Crippen molar-refractivity contribution in [2.45, 2.75) is 12.1 Å². The number of hydrogen-bond acceptors (Lipinski definition) is 4. The van der Waals surface area contributed by atoms with Crippen molar-refractivity contribution in [2.75, 3.05) is 0 Å². The summed E-state index contributed by atoms with van der Waals surface area (Å²) in [5, 5.41) is -0.407. The molecule has 0 aliphatic heterocycles. The van der Waals surface area contributed by atoms with Gasteiger partial charge in [0, 0.05) is 23.1 Å². The summed E-state index contributed by atoms with van der Waals surface area (Å²) in [6.45, 7) is 1.66. The van der Waals surface area contributed by atoms with Crippen molar-refractivity contribution in [1.29, 1.82) is 0 Å². The highest BCUT2D eigenvalue weighted by Gasteiger charge is 2.12. The Morgan fingerprint density at radius 2 is 1.92 bits per heavy atom. The van der Waals surface area contributed by atoms with Gasteiger partial charge in [-0.2, -0.15) is 0 Å². The molecule has 0 spiro atoms. The molecule has 0 unspecified atom stereocenters. The average Bonchev–Trinajstić information content (AvgIpc) is 2.04. The minimum atomic E-state index is -3.83. The summed E-state index contributed by atoms with van der Waals surface area (Å²) in [4.78, 5) is 7.07. The summed E-state index contributed by atoms with van der Waals surface area (Å²) < 4.78 is 21.4. The highest BCUT2D eigenvalue weighted by Crippen LogP contribution is 2.07. The topological polar surface area (TPSA) is 59.9 Å². The van der Waals surface area contributed by atoms with Crippen LogP contribution in [-0.2, 0) is 9.05 Å². The van der Waals surface area contributed by atoms with E-state index in [0.717, 1.165) is 0 Å². The third kappa shape index (κ3) is 2.68. The molecule has 13 heavy (non-hydrogen) atoms. The Morgan fingerprint density at radius 1 is 1.38 bits per heavy atom. The standard InChI is InChI=1S/C7H5ClN2O2S/c1-2-3-6-4-9-7(10-5-6)13(8,11)12/h4-5H,1H3. The summed E-state index contributed by atoms with van der Waals surface area (Å²) in [5.41, 5.74) is 0.548. The molecule has 0 aliphatic carbocycles. The van der Waals surface area contributed by atoms with Gasteiger partial charge in [0.05, 0.1) is 5.56 Å². The highest BCUT2D eigenvalue weighted by atomic mass is 35.7. The van der Waals surface area contributed by atoms with Gasteiger partial charge >= 0.3 is 0 Å². The van der Waals surface area contributed by atoms with Crippen molar-refractivity contribution in [3.05, 3.63) is 18.0 Å². The third-order valence-electron chi connectivity index (χ3n) is 1.12. The normalized spacial score (nSPS) is 10.3. The molecular weight excluding hydrogens is 212 g/mol. The van der Waals surface area contributed by atoms with Crippen LogP contribution in [0.5, 0.6) is 0 Å². The van der Waals surface area contributed by atoms with Gasteiger partial charge in [0.15, 0.2) is 0 Å². The van der Waals surface area contributed by atoms with Crippen LogP contribution in [0.4, 0.5) is 0 Å². The maximum absolute atomic E-state index is 10.7. The molecule has 0 amide bonds. The second-order valence-corrected chi connectivity index (χ2v) is 4.53. The lowest BCUT2D eigenvalue weighted by Gasteiger charge is -1.92. The fourth-order valence-electron chi connectivity index (χ4n) is 0.651. The van der Waals surface area contributed by atoms with Crippen molar-refractivity contribution in [3.63, 3.8) is 0 Å². The first-order valence-corrected chi connectivity index (χ1v) is 5.54. The Kier molecular flexibility index (Phi) is 2.86. The van der Waals surface area contributed by atoms with Gasteiger partial charge in [-0.15, -0.1) is 5.92 Å². The van der Waals surface area contributed by atoms with E-state index in [1.165, 1.54) is 12.4 Å². The second kappa shape index (κ2) is 3.73. The molecule has 1 aromatic rings. The van der Waals surface area contributed by atoms with Gasteiger partial charge < -0.3 is 0 Å². The molecule has 1 heterocycles. The fourth-order valence-corrected chi connectivity index (χ4v) is 1.25. The molecule has 0 atom stereocenters. The number of hydrogen-bond donors (Lipinski definition) is 0. The predicted octanol–water partition coefficient (Wildman–Crippen LogP) is 0.775. The molecule has 0 aromatic carbocycles. The van der Waals surface area contributed by atoms with E-state index in [1.807, 2.05) is 0 Å². The molecule has 0 saturated carbocycles. The zero-order valence-electron chi connectivity index (χ0n) is 6.65. The first kappa shape index (κ1) is 9.96. The summed E-state index contributed by atoms with van der Waals surface area (Å²) in [5.74, 6) is 5.30. The van der Waals surface area contributed by atoms with Crippen LogP contribution in [0.2, 0.25) is 0 Å². The number of rotatable bonds is 1. The lowest BCUT2D eigenvalue weighted by atomic mass is 10.3. The first-order chi connectivity index (χ1) is 6.04. The van der Waals surface area contributed by atoms with Gasteiger partial charge in [-0.1, -0.05) is 5.92 Å². The first-order valence-electron chi connectivity index (χ1n) is 3.23. The van der Waals surface area contributed by atoms with E-state index in [0.29, 0.717) is 5.56 Å². The summed E-state index contributed by atoms with van der Waals surface area (Å²) >= 11 is 0. The molecule has 1 rings (SSSR count). The number of aromatic nitrogens is 2. The van der Waals surface area contributed by atoms with Crippen LogP contribution < -0.4 is 0 Å². The lowest BCUT2D eigenvalue weighted by molar-refractivity contribution is 0.601. The Bertz CT molecular complexity index is 456. The SMILES string of the molecule is CC#Cc1cnc(S(=O)(=O)Cl)nc1. The van der Waals surface area contributed by atoms with E-state index in [4.69, 9.17) is 10.7 Å².